The Morgan fingerprint density at radius 2 is 2.36 bits per heavy atom. The van der Waals surface area contributed by atoms with E-state index in [9.17, 15) is 4.79 Å². The molecular formula is C8H15NOS. The van der Waals surface area contributed by atoms with Crippen molar-refractivity contribution in [2.75, 3.05) is 18.2 Å². The van der Waals surface area contributed by atoms with Crippen molar-refractivity contribution in [1.82, 2.24) is 4.90 Å². The highest BCUT2D eigenvalue weighted by Gasteiger charge is 2.19. The minimum absolute atomic E-state index is 0.325. The third-order valence-corrected chi connectivity index (χ3v) is 2.80. The zero-order chi connectivity index (χ0) is 8.10. The van der Waals surface area contributed by atoms with Crippen LogP contribution < -0.4 is 0 Å². The summed E-state index contributed by atoms with van der Waals surface area (Å²) in [4.78, 5) is 13.0. The second-order valence-corrected chi connectivity index (χ2v) is 3.80. The van der Waals surface area contributed by atoms with Crippen LogP contribution in [-0.2, 0) is 4.79 Å². The van der Waals surface area contributed by atoms with Crippen LogP contribution >= 0.6 is 11.8 Å². The Hall–Kier alpha value is -0.180. The molecule has 1 amide bonds. The van der Waals surface area contributed by atoms with E-state index in [1.54, 1.807) is 11.8 Å². The molecule has 0 bridgehead atoms. The summed E-state index contributed by atoms with van der Waals surface area (Å²) in [5.41, 5.74) is 0. The van der Waals surface area contributed by atoms with Crippen molar-refractivity contribution in [3.8, 4) is 0 Å². The maximum absolute atomic E-state index is 11.1. The van der Waals surface area contributed by atoms with E-state index in [0.29, 0.717) is 11.7 Å². The van der Waals surface area contributed by atoms with E-state index >= 15 is 0 Å². The summed E-state index contributed by atoms with van der Waals surface area (Å²) >= 11 is 1.72. The van der Waals surface area contributed by atoms with Gasteiger partial charge in [-0.15, -0.1) is 11.8 Å². The van der Waals surface area contributed by atoms with E-state index in [-0.39, 0.29) is 0 Å². The predicted octanol–water partition coefficient (Wildman–Crippen LogP) is 1.71. The molecule has 0 aliphatic carbocycles. The minimum Gasteiger partial charge on any atom is -0.333 e. The highest BCUT2D eigenvalue weighted by molar-refractivity contribution is 8.00. The predicted molar refractivity (Wildman–Crippen MR) is 48.6 cm³/mol. The average Bonchev–Trinajstić information content (AvgIpc) is 2.37. The van der Waals surface area contributed by atoms with Gasteiger partial charge in [-0.25, -0.2) is 0 Å². The molecule has 3 heteroatoms. The van der Waals surface area contributed by atoms with Crippen LogP contribution in [0.5, 0.6) is 0 Å². The lowest BCUT2D eigenvalue weighted by Crippen LogP contribution is -2.26. The maximum Gasteiger partial charge on any atom is 0.233 e. The summed E-state index contributed by atoms with van der Waals surface area (Å²) < 4.78 is 0. The van der Waals surface area contributed by atoms with Gasteiger partial charge < -0.3 is 4.90 Å². The van der Waals surface area contributed by atoms with Gasteiger partial charge >= 0.3 is 0 Å². The first kappa shape index (κ1) is 8.91. The summed E-state index contributed by atoms with van der Waals surface area (Å²) in [6.45, 7) is 3.15. The van der Waals surface area contributed by atoms with Crippen LogP contribution in [0, 0.1) is 0 Å². The van der Waals surface area contributed by atoms with Crippen molar-refractivity contribution < 1.29 is 4.79 Å². The van der Waals surface area contributed by atoms with Gasteiger partial charge in [-0.3, -0.25) is 4.79 Å². The number of carbonyl (C=O) groups is 1. The summed E-state index contributed by atoms with van der Waals surface area (Å²) in [5, 5.41) is 0. The van der Waals surface area contributed by atoms with Crippen LogP contribution in [0.4, 0.5) is 0 Å². The fraction of sp³-hybridized carbons (Fsp3) is 0.875. The fourth-order valence-electron chi connectivity index (χ4n) is 1.15. The van der Waals surface area contributed by atoms with Gasteiger partial charge in [0.25, 0.3) is 0 Å². The largest absolute Gasteiger partial charge is 0.333 e. The Balaban J connectivity index is 2.10. The number of thioether (sulfide) groups is 1. The molecule has 0 aromatic rings. The SMILES string of the molecule is CCCCCN1CSCC1=O. The Labute approximate surface area is 72.3 Å². The normalized spacial score (nSPS) is 17.9. The molecule has 1 saturated heterocycles. The van der Waals surface area contributed by atoms with Gasteiger partial charge in [-0.2, -0.15) is 0 Å². The molecular weight excluding hydrogens is 158 g/mol. The van der Waals surface area contributed by atoms with Gasteiger partial charge in [0, 0.05) is 6.54 Å². The Morgan fingerprint density at radius 3 is 2.91 bits per heavy atom. The second kappa shape index (κ2) is 4.65. The van der Waals surface area contributed by atoms with E-state index in [2.05, 4.69) is 6.92 Å². The number of unbranched alkanes of at least 4 members (excludes halogenated alkanes) is 2. The molecule has 11 heavy (non-hydrogen) atoms. The molecule has 1 aliphatic heterocycles. The van der Waals surface area contributed by atoms with Crippen molar-refractivity contribution in [3.63, 3.8) is 0 Å². The number of carbonyl (C=O) groups excluding carboxylic acids is 1. The Morgan fingerprint density at radius 1 is 1.55 bits per heavy atom. The number of nitrogens with zero attached hydrogens (tertiary/aromatic N) is 1. The molecule has 1 heterocycles. The third-order valence-electron chi connectivity index (χ3n) is 1.86. The first-order valence-electron chi connectivity index (χ1n) is 4.20. The van der Waals surface area contributed by atoms with Crippen molar-refractivity contribution in [1.29, 1.82) is 0 Å². The van der Waals surface area contributed by atoms with Crippen molar-refractivity contribution in [3.05, 3.63) is 0 Å². The first-order chi connectivity index (χ1) is 5.34. The fourth-order valence-corrected chi connectivity index (χ4v) is 2.09. The highest BCUT2D eigenvalue weighted by atomic mass is 32.2. The molecule has 0 radical (unpaired) electrons. The van der Waals surface area contributed by atoms with Crippen molar-refractivity contribution in [2.45, 2.75) is 26.2 Å². The Kier molecular flexibility index (Phi) is 3.77. The second-order valence-electron chi connectivity index (χ2n) is 2.84. The lowest BCUT2D eigenvalue weighted by molar-refractivity contribution is -0.126. The van der Waals surface area contributed by atoms with Crippen LogP contribution in [0.1, 0.15) is 26.2 Å². The quantitative estimate of drug-likeness (QED) is 0.603. The molecule has 1 fully saturated rings. The highest BCUT2D eigenvalue weighted by Crippen LogP contribution is 2.15. The molecule has 0 unspecified atom stereocenters. The van der Waals surface area contributed by atoms with Crippen LogP contribution in [0.25, 0.3) is 0 Å². The Bertz CT molecular complexity index is 138. The van der Waals surface area contributed by atoms with Gasteiger partial charge in [0.1, 0.15) is 0 Å². The third kappa shape index (κ3) is 2.73. The molecule has 64 valence electrons. The van der Waals surface area contributed by atoms with E-state index < -0.39 is 0 Å². The van der Waals surface area contributed by atoms with Gasteiger partial charge in [0.15, 0.2) is 0 Å². The number of amides is 1. The van der Waals surface area contributed by atoms with E-state index in [0.717, 1.165) is 12.4 Å². The van der Waals surface area contributed by atoms with Crippen molar-refractivity contribution >= 4 is 17.7 Å². The molecule has 0 atom stereocenters. The molecule has 0 saturated carbocycles. The lowest BCUT2D eigenvalue weighted by Gasteiger charge is -2.13. The zero-order valence-electron chi connectivity index (χ0n) is 7.01. The summed E-state index contributed by atoms with van der Waals surface area (Å²) in [5.74, 6) is 1.94. The summed E-state index contributed by atoms with van der Waals surface area (Å²) in [6.07, 6.45) is 3.65. The molecule has 0 aromatic heterocycles. The van der Waals surface area contributed by atoms with Crippen LogP contribution in [0.15, 0.2) is 0 Å². The van der Waals surface area contributed by atoms with Gasteiger partial charge in [0.2, 0.25) is 5.91 Å². The molecule has 0 spiro atoms. The summed E-state index contributed by atoms with van der Waals surface area (Å²) in [6, 6.07) is 0. The number of rotatable bonds is 4. The van der Waals surface area contributed by atoms with E-state index in [1.807, 2.05) is 4.90 Å². The number of hydrogen-bond acceptors (Lipinski definition) is 2. The summed E-state index contributed by atoms with van der Waals surface area (Å²) in [7, 11) is 0. The topological polar surface area (TPSA) is 20.3 Å². The lowest BCUT2D eigenvalue weighted by atomic mass is 10.2. The molecule has 0 aromatic carbocycles. The van der Waals surface area contributed by atoms with Crippen LogP contribution in [0.2, 0.25) is 0 Å². The van der Waals surface area contributed by atoms with E-state index in [1.165, 1.54) is 19.3 Å². The van der Waals surface area contributed by atoms with Crippen LogP contribution in [0.3, 0.4) is 0 Å². The van der Waals surface area contributed by atoms with Crippen LogP contribution in [-0.4, -0.2) is 29.0 Å². The maximum atomic E-state index is 11.1. The molecule has 0 N–H and O–H groups in total. The molecule has 1 aliphatic rings. The number of hydrogen-bond donors (Lipinski definition) is 0. The standard InChI is InChI=1S/C8H15NOS/c1-2-3-4-5-9-7-11-6-8(9)10/h2-7H2,1H3. The van der Waals surface area contributed by atoms with Gasteiger partial charge in [-0.1, -0.05) is 19.8 Å². The molecule has 1 rings (SSSR count). The van der Waals surface area contributed by atoms with E-state index in [4.69, 9.17) is 0 Å². The molecule has 2 nitrogen and oxygen atoms in total. The zero-order valence-corrected chi connectivity index (χ0v) is 7.82. The smallest absolute Gasteiger partial charge is 0.233 e. The van der Waals surface area contributed by atoms with Gasteiger partial charge in [-0.05, 0) is 6.42 Å². The minimum atomic E-state index is 0.325. The first-order valence-corrected chi connectivity index (χ1v) is 5.35. The van der Waals surface area contributed by atoms with Gasteiger partial charge in [0.05, 0.1) is 11.6 Å². The monoisotopic (exact) mass is 173 g/mol. The van der Waals surface area contributed by atoms with Crippen molar-refractivity contribution in [2.24, 2.45) is 0 Å². The average molecular weight is 173 g/mol.